The molecule has 0 aliphatic heterocycles. The minimum absolute atomic E-state index is 0.201. The highest BCUT2D eigenvalue weighted by molar-refractivity contribution is 7.90. The van der Waals surface area contributed by atoms with Crippen molar-refractivity contribution in [1.82, 2.24) is 15.2 Å². The van der Waals surface area contributed by atoms with Crippen molar-refractivity contribution in [3.05, 3.63) is 11.6 Å². The zero-order chi connectivity index (χ0) is 10.9. The van der Waals surface area contributed by atoms with Crippen LogP contribution in [-0.2, 0) is 9.84 Å². The van der Waals surface area contributed by atoms with Gasteiger partial charge in [-0.05, 0) is 6.92 Å². The molecule has 0 bridgehead atoms. The van der Waals surface area contributed by atoms with Gasteiger partial charge in [-0.15, -0.1) is 0 Å². The summed E-state index contributed by atoms with van der Waals surface area (Å²) in [4.78, 5) is 4.13. The molecule has 1 unspecified atom stereocenters. The Morgan fingerprint density at radius 3 is 2.21 bits per heavy atom. The fraction of sp³-hybridized carbons (Fsp3) is 0.750. The highest BCUT2D eigenvalue weighted by Crippen LogP contribution is 2.18. The van der Waals surface area contributed by atoms with E-state index in [0.29, 0.717) is 11.6 Å². The molecule has 1 atom stereocenters. The van der Waals surface area contributed by atoms with Gasteiger partial charge >= 0.3 is 0 Å². The Morgan fingerprint density at radius 2 is 1.86 bits per heavy atom. The summed E-state index contributed by atoms with van der Waals surface area (Å²) in [6.45, 7) is 5.51. The van der Waals surface area contributed by atoms with Crippen molar-refractivity contribution in [1.29, 1.82) is 0 Å². The number of aromatic amines is 1. The van der Waals surface area contributed by atoms with Crippen LogP contribution in [0.2, 0.25) is 0 Å². The Balaban J connectivity index is 2.98. The molecule has 0 amide bonds. The van der Waals surface area contributed by atoms with Crippen molar-refractivity contribution < 1.29 is 8.42 Å². The summed E-state index contributed by atoms with van der Waals surface area (Å²) in [5.74, 6) is 1.26. The second kappa shape index (κ2) is 3.68. The van der Waals surface area contributed by atoms with E-state index in [9.17, 15) is 8.42 Å². The molecule has 0 saturated carbocycles. The number of hydrogen-bond acceptors (Lipinski definition) is 4. The maximum atomic E-state index is 11.2. The third-order valence-electron chi connectivity index (χ3n) is 2.06. The monoisotopic (exact) mass is 217 g/mol. The Labute approximate surface area is 83.9 Å². The summed E-state index contributed by atoms with van der Waals surface area (Å²) in [5.41, 5.74) is 0. The summed E-state index contributed by atoms with van der Waals surface area (Å²) in [6, 6.07) is 0. The molecule has 1 heterocycles. The smallest absolute Gasteiger partial charge is 0.157 e. The topological polar surface area (TPSA) is 75.7 Å². The van der Waals surface area contributed by atoms with Crippen LogP contribution >= 0.6 is 0 Å². The van der Waals surface area contributed by atoms with Gasteiger partial charge in [-0.3, -0.25) is 5.10 Å². The molecule has 0 saturated heterocycles. The highest BCUT2D eigenvalue weighted by Gasteiger charge is 2.21. The van der Waals surface area contributed by atoms with Gasteiger partial charge in [-0.25, -0.2) is 13.4 Å². The van der Waals surface area contributed by atoms with Gasteiger partial charge in [-0.1, -0.05) is 13.8 Å². The lowest BCUT2D eigenvalue weighted by Gasteiger charge is -2.03. The number of sulfone groups is 1. The first-order chi connectivity index (χ1) is 6.32. The number of aromatic nitrogens is 3. The van der Waals surface area contributed by atoms with Crippen LogP contribution in [-0.4, -0.2) is 29.9 Å². The third-order valence-corrected chi connectivity index (χ3v) is 3.57. The number of nitrogens with zero attached hydrogens (tertiary/aromatic N) is 2. The molecule has 0 spiro atoms. The van der Waals surface area contributed by atoms with Gasteiger partial charge < -0.3 is 0 Å². The van der Waals surface area contributed by atoms with E-state index in [-0.39, 0.29) is 5.92 Å². The molecule has 1 aromatic heterocycles. The first-order valence-corrected chi connectivity index (χ1v) is 6.39. The number of rotatable bonds is 3. The van der Waals surface area contributed by atoms with E-state index in [1.54, 1.807) is 6.92 Å². The molecule has 80 valence electrons. The third kappa shape index (κ3) is 2.31. The predicted octanol–water partition coefficient (Wildman–Crippen LogP) is 1.03. The molecule has 5 nitrogen and oxygen atoms in total. The average Bonchev–Trinajstić information content (AvgIpc) is 2.48. The van der Waals surface area contributed by atoms with Crippen LogP contribution in [0.5, 0.6) is 0 Å². The predicted molar refractivity (Wildman–Crippen MR) is 53.7 cm³/mol. The fourth-order valence-corrected chi connectivity index (χ4v) is 1.44. The summed E-state index contributed by atoms with van der Waals surface area (Å²) >= 11 is 0. The lowest BCUT2D eigenvalue weighted by atomic mass is 10.2. The standard InChI is InChI=1S/C8H15N3O2S/c1-5(2)7-9-8(11-10-7)6(3)14(4,12)13/h5-6H,1-4H3,(H,9,10,11). The molecule has 0 aliphatic rings. The SMILES string of the molecule is CC(C)c1n[nH]c(C(C)S(C)(=O)=O)n1. The van der Waals surface area contributed by atoms with Gasteiger partial charge in [0.2, 0.25) is 0 Å². The number of H-pyrrole nitrogens is 1. The maximum Gasteiger partial charge on any atom is 0.157 e. The van der Waals surface area contributed by atoms with Gasteiger partial charge in [0.25, 0.3) is 0 Å². The molecule has 6 heteroatoms. The highest BCUT2D eigenvalue weighted by atomic mass is 32.2. The molecular weight excluding hydrogens is 202 g/mol. The van der Waals surface area contributed by atoms with Crippen LogP contribution in [0.4, 0.5) is 0 Å². The summed E-state index contributed by atoms with van der Waals surface area (Å²) in [7, 11) is -3.10. The van der Waals surface area contributed by atoms with Gasteiger partial charge in [0.15, 0.2) is 15.7 Å². The van der Waals surface area contributed by atoms with E-state index in [4.69, 9.17) is 0 Å². The van der Waals surface area contributed by atoms with Crippen molar-refractivity contribution in [3.8, 4) is 0 Å². The Kier molecular flexibility index (Phi) is 2.94. The minimum Gasteiger partial charge on any atom is -0.262 e. The number of nitrogens with one attached hydrogen (secondary N) is 1. The van der Waals surface area contributed by atoms with E-state index in [2.05, 4.69) is 15.2 Å². The van der Waals surface area contributed by atoms with Gasteiger partial charge in [0.05, 0.1) is 0 Å². The van der Waals surface area contributed by atoms with Crippen molar-refractivity contribution >= 4 is 9.84 Å². The van der Waals surface area contributed by atoms with Gasteiger partial charge in [0, 0.05) is 12.2 Å². The Hall–Kier alpha value is -0.910. The van der Waals surface area contributed by atoms with Crippen LogP contribution in [0, 0.1) is 0 Å². The molecule has 0 fully saturated rings. The van der Waals surface area contributed by atoms with E-state index < -0.39 is 15.1 Å². The lowest BCUT2D eigenvalue weighted by molar-refractivity contribution is 0.589. The maximum absolute atomic E-state index is 11.2. The quantitative estimate of drug-likeness (QED) is 0.820. The van der Waals surface area contributed by atoms with E-state index in [1.165, 1.54) is 6.26 Å². The average molecular weight is 217 g/mol. The normalized spacial score (nSPS) is 14.6. The molecule has 1 aromatic rings. The molecule has 0 radical (unpaired) electrons. The molecular formula is C8H15N3O2S. The zero-order valence-corrected chi connectivity index (χ0v) is 9.59. The fourth-order valence-electron chi connectivity index (χ4n) is 0.931. The lowest BCUT2D eigenvalue weighted by Crippen LogP contribution is -2.09. The second-order valence-corrected chi connectivity index (χ2v) is 6.07. The molecule has 1 N–H and O–H groups in total. The van der Waals surface area contributed by atoms with E-state index in [0.717, 1.165) is 0 Å². The number of hydrogen-bond donors (Lipinski definition) is 1. The van der Waals surface area contributed by atoms with Crippen molar-refractivity contribution in [2.75, 3.05) is 6.26 Å². The summed E-state index contributed by atoms with van der Waals surface area (Å²) < 4.78 is 22.4. The first-order valence-electron chi connectivity index (χ1n) is 4.43. The van der Waals surface area contributed by atoms with Crippen molar-refractivity contribution in [2.45, 2.75) is 31.9 Å². The zero-order valence-electron chi connectivity index (χ0n) is 8.77. The van der Waals surface area contributed by atoms with Crippen LogP contribution in [0.3, 0.4) is 0 Å². The van der Waals surface area contributed by atoms with E-state index >= 15 is 0 Å². The van der Waals surface area contributed by atoms with Gasteiger partial charge in [-0.2, -0.15) is 5.10 Å². The summed E-state index contributed by atoms with van der Waals surface area (Å²) in [6.07, 6.45) is 1.19. The molecule has 0 aromatic carbocycles. The van der Waals surface area contributed by atoms with Gasteiger partial charge in [0.1, 0.15) is 11.1 Å². The summed E-state index contributed by atoms with van der Waals surface area (Å²) in [5, 5.41) is 5.98. The Bertz CT molecular complexity index is 408. The molecule has 1 rings (SSSR count). The van der Waals surface area contributed by atoms with Crippen LogP contribution in [0.15, 0.2) is 0 Å². The van der Waals surface area contributed by atoms with Crippen molar-refractivity contribution in [2.24, 2.45) is 0 Å². The van der Waals surface area contributed by atoms with E-state index in [1.807, 2.05) is 13.8 Å². The van der Waals surface area contributed by atoms with Crippen LogP contribution in [0.25, 0.3) is 0 Å². The molecule has 0 aliphatic carbocycles. The minimum atomic E-state index is -3.10. The van der Waals surface area contributed by atoms with Crippen molar-refractivity contribution in [3.63, 3.8) is 0 Å². The first kappa shape index (κ1) is 11.2. The Morgan fingerprint density at radius 1 is 1.29 bits per heavy atom. The largest absolute Gasteiger partial charge is 0.262 e. The van der Waals surface area contributed by atoms with Crippen LogP contribution in [0.1, 0.15) is 43.6 Å². The second-order valence-electron chi connectivity index (χ2n) is 3.71. The molecule has 14 heavy (non-hydrogen) atoms. The van der Waals surface area contributed by atoms with Crippen LogP contribution < -0.4 is 0 Å².